The van der Waals surface area contributed by atoms with Crippen molar-refractivity contribution in [2.75, 3.05) is 7.05 Å². The molecule has 1 atom stereocenters. The first kappa shape index (κ1) is 8.53. The average molecular weight is 171 g/mol. The van der Waals surface area contributed by atoms with E-state index in [1.165, 1.54) is 0 Å². The zero-order valence-electron chi connectivity index (χ0n) is 7.13. The summed E-state index contributed by atoms with van der Waals surface area (Å²) in [4.78, 5) is 1.95. The molecule has 62 valence electrons. The van der Waals surface area contributed by atoms with E-state index in [4.69, 9.17) is 17.0 Å². The molecule has 1 saturated heterocycles. The second-order valence-corrected chi connectivity index (χ2v) is 3.48. The fraction of sp³-hybridized carbons (Fsp3) is 0.625. The SMILES string of the molecule is C=C1OC(=S)N(C)C1C(C)C. The summed E-state index contributed by atoms with van der Waals surface area (Å²) in [6, 6.07) is 0.252. The van der Waals surface area contributed by atoms with Crippen molar-refractivity contribution in [3.8, 4) is 0 Å². The quantitative estimate of drug-likeness (QED) is 0.558. The minimum Gasteiger partial charge on any atom is -0.435 e. The highest BCUT2D eigenvalue weighted by atomic mass is 32.1. The molecule has 0 aromatic carbocycles. The first-order valence-corrected chi connectivity index (χ1v) is 4.08. The molecule has 0 radical (unpaired) electrons. The highest BCUT2D eigenvalue weighted by Gasteiger charge is 2.32. The molecule has 1 unspecified atom stereocenters. The summed E-state index contributed by atoms with van der Waals surface area (Å²) >= 11 is 4.96. The number of thiocarbonyl (C=S) groups is 1. The normalized spacial score (nSPS) is 24.7. The van der Waals surface area contributed by atoms with Crippen LogP contribution in [0.4, 0.5) is 0 Å². The van der Waals surface area contributed by atoms with Crippen LogP contribution in [0.15, 0.2) is 12.3 Å². The van der Waals surface area contributed by atoms with E-state index in [2.05, 4.69) is 20.4 Å². The predicted molar refractivity (Wildman–Crippen MR) is 49.2 cm³/mol. The van der Waals surface area contributed by atoms with E-state index in [9.17, 15) is 0 Å². The van der Waals surface area contributed by atoms with Gasteiger partial charge in [0.05, 0.1) is 6.04 Å². The number of nitrogens with zero attached hydrogens (tertiary/aromatic N) is 1. The molecule has 1 heterocycles. The zero-order chi connectivity index (χ0) is 8.59. The van der Waals surface area contributed by atoms with Crippen molar-refractivity contribution in [1.29, 1.82) is 0 Å². The molecule has 0 aliphatic carbocycles. The van der Waals surface area contributed by atoms with Gasteiger partial charge >= 0.3 is 0 Å². The third-order valence-electron chi connectivity index (χ3n) is 1.89. The van der Waals surface area contributed by atoms with E-state index in [1.54, 1.807) is 0 Å². The van der Waals surface area contributed by atoms with Crippen LogP contribution in [-0.4, -0.2) is 23.2 Å². The summed E-state index contributed by atoms with van der Waals surface area (Å²) in [6.07, 6.45) is 0. The summed E-state index contributed by atoms with van der Waals surface area (Å²) in [7, 11) is 1.94. The second-order valence-electron chi connectivity index (χ2n) is 3.13. The molecule has 11 heavy (non-hydrogen) atoms. The lowest BCUT2D eigenvalue weighted by Crippen LogP contribution is -2.32. The minimum atomic E-state index is 0.252. The molecule has 0 amide bonds. The number of ether oxygens (including phenoxy) is 1. The van der Waals surface area contributed by atoms with Crippen molar-refractivity contribution in [2.45, 2.75) is 19.9 Å². The first-order valence-electron chi connectivity index (χ1n) is 3.67. The molecule has 1 fully saturated rings. The maximum atomic E-state index is 5.21. The number of hydrogen-bond donors (Lipinski definition) is 0. The van der Waals surface area contributed by atoms with Crippen LogP contribution in [0.3, 0.4) is 0 Å². The molecule has 0 spiro atoms. The van der Waals surface area contributed by atoms with Gasteiger partial charge in [0.2, 0.25) is 0 Å². The van der Waals surface area contributed by atoms with Gasteiger partial charge in [-0.1, -0.05) is 20.4 Å². The zero-order valence-corrected chi connectivity index (χ0v) is 7.94. The second kappa shape index (κ2) is 2.81. The number of rotatable bonds is 1. The van der Waals surface area contributed by atoms with Crippen LogP contribution in [0.5, 0.6) is 0 Å². The predicted octanol–water partition coefficient (Wildman–Crippen LogP) is 1.77. The first-order chi connectivity index (χ1) is 5.04. The molecule has 1 aliphatic heterocycles. The highest BCUT2D eigenvalue weighted by Crippen LogP contribution is 2.25. The Morgan fingerprint density at radius 1 is 1.64 bits per heavy atom. The monoisotopic (exact) mass is 171 g/mol. The molecule has 0 saturated carbocycles. The molecule has 3 heteroatoms. The maximum Gasteiger partial charge on any atom is 0.264 e. The van der Waals surface area contributed by atoms with Crippen LogP contribution in [0.25, 0.3) is 0 Å². The van der Waals surface area contributed by atoms with Crippen LogP contribution in [0, 0.1) is 5.92 Å². The van der Waals surface area contributed by atoms with Crippen molar-refractivity contribution >= 4 is 17.4 Å². The van der Waals surface area contributed by atoms with Gasteiger partial charge in [-0.25, -0.2) is 0 Å². The van der Waals surface area contributed by atoms with Gasteiger partial charge in [-0.05, 0) is 18.1 Å². The summed E-state index contributed by atoms with van der Waals surface area (Å²) in [5.41, 5.74) is 0. The molecule has 1 rings (SSSR count). The van der Waals surface area contributed by atoms with Crippen LogP contribution < -0.4 is 0 Å². The summed E-state index contributed by atoms with van der Waals surface area (Å²) < 4.78 is 5.21. The van der Waals surface area contributed by atoms with E-state index in [0.717, 1.165) is 5.76 Å². The van der Waals surface area contributed by atoms with Crippen LogP contribution in [0.1, 0.15) is 13.8 Å². The van der Waals surface area contributed by atoms with Crippen molar-refractivity contribution in [2.24, 2.45) is 5.92 Å². The smallest absolute Gasteiger partial charge is 0.264 e. The fourth-order valence-electron chi connectivity index (χ4n) is 1.39. The standard InChI is InChI=1S/C8H13NOS/c1-5(2)7-6(3)10-8(11)9(7)4/h5,7H,3H2,1-2,4H3. The van der Waals surface area contributed by atoms with E-state index in [0.29, 0.717) is 11.1 Å². The van der Waals surface area contributed by atoms with Gasteiger partial charge in [-0.15, -0.1) is 0 Å². The van der Waals surface area contributed by atoms with Gasteiger partial charge in [-0.3, -0.25) is 0 Å². The van der Waals surface area contributed by atoms with E-state index < -0.39 is 0 Å². The lowest BCUT2D eigenvalue weighted by molar-refractivity contribution is 0.342. The van der Waals surface area contributed by atoms with Crippen molar-refractivity contribution in [3.63, 3.8) is 0 Å². The van der Waals surface area contributed by atoms with Crippen LogP contribution >= 0.6 is 12.2 Å². The minimum absolute atomic E-state index is 0.252. The Kier molecular flexibility index (Phi) is 2.18. The Morgan fingerprint density at radius 2 is 2.18 bits per heavy atom. The largest absolute Gasteiger partial charge is 0.435 e. The van der Waals surface area contributed by atoms with Crippen LogP contribution in [0.2, 0.25) is 0 Å². The van der Waals surface area contributed by atoms with Gasteiger partial charge < -0.3 is 9.64 Å². The Hall–Kier alpha value is -0.570. The Bertz CT molecular complexity index is 200. The lowest BCUT2D eigenvalue weighted by Gasteiger charge is -2.20. The Morgan fingerprint density at radius 3 is 2.36 bits per heavy atom. The van der Waals surface area contributed by atoms with Crippen molar-refractivity contribution in [3.05, 3.63) is 12.3 Å². The van der Waals surface area contributed by atoms with Gasteiger partial charge in [0, 0.05) is 7.05 Å². The van der Waals surface area contributed by atoms with Gasteiger partial charge in [0.1, 0.15) is 5.76 Å². The highest BCUT2D eigenvalue weighted by molar-refractivity contribution is 7.80. The molecule has 2 nitrogen and oxygen atoms in total. The third-order valence-corrected chi connectivity index (χ3v) is 2.26. The molecule has 0 aromatic rings. The average Bonchev–Trinajstić information content (AvgIpc) is 2.07. The summed E-state index contributed by atoms with van der Waals surface area (Å²) in [5.74, 6) is 1.26. The van der Waals surface area contributed by atoms with Gasteiger partial charge in [0.15, 0.2) is 0 Å². The molecule has 0 bridgehead atoms. The molecule has 0 aromatic heterocycles. The maximum absolute atomic E-state index is 5.21. The summed E-state index contributed by atoms with van der Waals surface area (Å²) in [5, 5.41) is 0.536. The van der Waals surface area contributed by atoms with E-state index in [1.807, 2.05) is 11.9 Å². The molecular formula is C8H13NOS. The lowest BCUT2D eigenvalue weighted by atomic mass is 10.0. The summed E-state index contributed by atoms with van der Waals surface area (Å²) in [6.45, 7) is 8.06. The molecule has 0 N–H and O–H groups in total. The molecule has 1 aliphatic rings. The van der Waals surface area contributed by atoms with E-state index >= 15 is 0 Å². The van der Waals surface area contributed by atoms with E-state index in [-0.39, 0.29) is 6.04 Å². The fourth-order valence-corrected chi connectivity index (χ4v) is 1.61. The van der Waals surface area contributed by atoms with Crippen molar-refractivity contribution in [1.82, 2.24) is 4.90 Å². The number of likely N-dealkylation sites (N-methyl/N-ethyl adjacent to an activating group) is 1. The topological polar surface area (TPSA) is 12.5 Å². The van der Waals surface area contributed by atoms with Gasteiger partial charge in [0.25, 0.3) is 5.17 Å². The Balaban J connectivity index is 2.79. The van der Waals surface area contributed by atoms with Crippen LogP contribution in [-0.2, 0) is 4.74 Å². The molecular weight excluding hydrogens is 158 g/mol. The van der Waals surface area contributed by atoms with Gasteiger partial charge in [-0.2, -0.15) is 0 Å². The van der Waals surface area contributed by atoms with Crippen molar-refractivity contribution < 1.29 is 4.74 Å². The third kappa shape index (κ3) is 1.38. The Labute approximate surface area is 72.8 Å². The number of hydrogen-bond acceptors (Lipinski definition) is 2.